The molecule has 0 fully saturated rings. The van der Waals surface area contributed by atoms with Crippen LogP contribution in [0.25, 0.3) is 11.1 Å². The number of anilines is 1. The van der Waals surface area contributed by atoms with Gasteiger partial charge in [-0.2, -0.15) is 13.2 Å². The molecule has 1 N–H and O–H groups in total. The van der Waals surface area contributed by atoms with E-state index < -0.39 is 23.7 Å². The number of alkyl halides is 3. The van der Waals surface area contributed by atoms with Crippen LogP contribution in [0.2, 0.25) is 5.15 Å². The van der Waals surface area contributed by atoms with Gasteiger partial charge < -0.3 is 9.64 Å². The lowest BCUT2D eigenvalue weighted by Gasteiger charge is -2.15. The molecule has 16 heteroatoms. The number of aromatic nitrogens is 6. The second-order valence-electron chi connectivity index (χ2n) is 8.25. The van der Waals surface area contributed by atoms with Crippen molar-refractivity contribution in [2.75, 3.05) is 12.4 Å². The Morgan fingerprint density at radius 2 is 1.87 bits per heavy atom. The molecule has 39 heavy (non-hydrogen) atoms. The number of rotatable bonds is 5. The number of fused-ring (bicyclic) bond motifs is 1. The molecule has 1 aliphatic rings. The quantitative estimate of drug-likeness (QED) is 0.371. The Labute approximate surface area is 227 Å². The molecule has 2 amide bonds. The molecule has 0 radical (unpaired) electrons. The first-order valence-electron chi connectivity index (χ1n) is 11.1. The SMILES string of the molecule is COc1nnc(Cl)cc1-c1cc(C)ncc1C(=O)Nc1nc2c(s1)CN(C(=O)c1cnc(C(F)(F)F)cn1)C2. The molecular weight excluding hydrogens is 561 g/mol. The summed E-state index contributed by atoms with van der Waals surface area (Å²) in [5, 5.41) is 10.9. The Morgan fingerprint density at radius 1 is 1.08 bits per heavy atom. The van der Waals surface area contributed by atoms with Crippen molar-refractivity contribution >= 4 is 39.9 Å². The third kappa shape index (κ3) is 5.35. The normalized spacial score (nSPS) is 12.8. The van der Waals surface area contributed by atoms with Crippen molar-refractivity contribution in [1.29, 1.82) is 0 Å². The number of carbonyl (C=O) groups is 2. The summed E-state index contributed by atoms with van der Waals surface area (Å²) in [5.74, 6) is -0.899. The standard InChI is InChI=1S/C23H16ClF3N8O3S/c1-10-3-11(12-4-18(24)33-34-20(12)38-2)13(5-28-10)19(36)32-22-31-15-8-35(9-16(15)39-22)21(37)14-6-30-17(7-29-14)23(25,26)27/h3-7H,8-9H2,1-2H3,(H,31,32,36). The molecule has 4 aromatic rings. The fourth-order valence-corrected chi connectivity index (χ4v) is 4.94. The maximum absolute atomic E-state index is 13.2. The fourth-order valence-electron chi connectivity index (χ4n) is 3.81. The van der Waals surface area contributed by atoms with Crippen LogP contribution in [0, 0.1) is 6.92 Å². The number of ether oxygens (including phenoxy) is 1. The Balaban J connectivity index is 1.32. The molecule has 0 saturated heterocycles. The highest BCUT2D eigenvalue weighted by atomic mass is 35.5. The Bertz CT molecular complexity index is 1570. The first-order valence-corrected chi connectivity index (χ1v) is 12.3. The van der Waals surface area contributed by atoms with E-state index >= 15 is 0 Å². The summed E-state index contributed by atoms with van der Waals surface area (Å²) in [4.78, 5) is 43.6. The molecule has 200 valence electrons. The molecule has 5 rings (SSSR count). The van der Waals surface area contributed by atoms with E-state index in [1.54, 1.807) is 13.0 Å². The smallest absolute Gasteiger partial charge is 0.434 e. The predicted octanol–water partition coefficient (Wildman–Crippen LogP) is 4.18. The Hall–Kier alpha value is -4.24. The zero-order chi connectivity index (χ0) is 27.9. The van der Waals surface area contributed by atoms with Crippen molar-refractivity contribution in [3.63, 3.8) is 0 Å². The molecule has 0 saturated carbocycles. The summed E-state index contributed by atoms with van der Waals surface area (Å²) in [5.41, 5.74) is 0.950. The number of halogens is 4. The van der Waals surface area contributed by atoms with Crippen molar-refractivity contribution in [3.05, 3.63) is 69.1 Å². The average Bonchev–Trinajstić information content (AvgIpc) is 3.46. The Morgan fingerprint density at radius 3 is 2.54 bits per heavy atom. The minimum atomic E-state index is -4.65. The molecule has 4 aromatic heterocycles. The van der Waals surface area contributed by atoms with E-state index in [0.29, 0.717) is 38.7 Å². The van der Waals surface area contributed by atoms with Crippen LogP contribution in [0.3, 0.4) is 0 Å². The van der Waals surface area contributed by atoms with Crippen LogP contribution in [-0.4, -0.2) is 54.0 Å². The van der Waals surface area contributed by atoms with E-state index in [-0.39, 0.29) is 35.4 Å². The molecule has 0 atom stereocenters. The largest absolute Gasteiger partial charge is 0.479 e. The summed E-state index contributed by atoms with van der Waals surface area (Å²) in [6.07, 6.45) is -1.92. The topological polar surface area (TPSA) is 136 Å². The maximum Gasteiger partial charge on any atom is 0.434 e. The number of carbonyl (C=O) groups excluding carboxylic acids is 2. The summed E-state index contributed by atoms with van der Waals surface area (Å²) >= 11 is 7.20. The number of amides is 2. The number of hydrogen-bond acceptors (Lipinski definition) is 10. The number of hydrogen-bond donors (Lipinski definition) is 1. The minimum absolute atomic E-state index is 0.0962. The molecule has 5 heterocycles. The third-order valence-corrected chi connectivity index (χ3v) is 6.80. The van der Waals surface area contributed by atoms with Gasteiger partial charge in [0.05, 0.1) is 48.7 Å². The van der Waals surface area contributed by atoms with E-state index in [4.69, 9.17) is 16.3 Å². The van der Waals surface area contributed by atoms with Gasteiger partial charge in [-0.05, 0) is 19.1 Å². The average molecular weight is 577 g/mol. The predicted molar refractivity (Wildman–Crippen MR) is 132 cm³/mol. The molecular formula is C23H16ClF3N8O3S. The van der Waals surface area contributed by atoms with E-state index in [1.165, 1.54) is 35.6 Å². The second kappa shape index (κ2) is 10.1. The summed E-state index contributed by atoms with van der Waals surface area (Å²) in [6, 6.07) is 3.23. The monoisotopic (exact) mass is 576 g/mol. The van der Waals surface area contributed by atoms with Gasteiger partial charge in [-0.25, -0.2) is 15.0 Å². The highest BCUT2D eigenvalue weighted by Crippen LogP contribution is 2.35. The van der Waals surface area contributed by atoms with E-state index in [9.17, 15) is 22.8 Å². The highest BCUT2D eigenvalue weighted by Gasteiger charge is 2.34. The van der Waals surface area contributed by atoms with Crippen molar-refractivity contribution in [3.8, 4) is 17.0 Å². The first kappa shape index (κ1) is 26.4. The van der Waals surface area contributed by atoms with Gasteiger partial charge in [0.2, 0.25) is 5.88 Å². The molecule has 1 aliphatic heterocycles. The highest BCUT2D eigenvalue weighted by molar-refractivity contribution is 7.16. The van der Waals surface area contributed by atoms with Gasteiger partial charge in [-0.15, -0.1) is 10.2 Å². The number of nitrogens with one attached hydrogen (secondary N) is 1. The van der Waals surface area contributed by atoms with Gasteiger partial charge in [0.1, 0.15) is 5.69 Å². The number of pyridine rings is 1. The van der Waals surface area contributed by atoms with Crippen molar-refractivity contribution in [2.24, 2.45) is 0 Å². The van der Waals surface area contributed by atoms with Crippen LogP contribution < -0.4 is 10.1 Å². The lowest BCUT2D eigenvalue weighted by Crippen LogP contribution is -2.27. The molecule has 0 aromatic carbocycles. The van der Waals surface area contributed by atoms with Gasteiger partial charge in [-0.1, -0.05) is 22.9 Å². The number of thiazole rings is 1. The van der Waals surface area contributed by atoms with E-state index in [1.807, 2.05) is 0 Å². The van der Waals surface area contributed by atoms with Gasteiger partial charge in [-0.3, -0.25) is 19.9 Å². The lowest BCUT2D eigenvalue weighted by molar-refractivity contribution is -0.141. The maximum atomic E-state index is 13.2. The Kier molecular flexibility index (Phi) is 6.86. The van der Waals surface area contributed by atoms with Gasteiger partial charge >= 0.3 is 6.18 Å². The molecule has 11 nitrogen and oxygen atoms in total. The summed E-state index contributed by atoms with van der Waals surface area (Å²) in [6.45, 7) is 2.02. The summed E-state index contributed by atoms with van der Waals surface area (Å²) < 4.78 is 43.4. The van der Waals surface area contributed by atoms with Crippen LogP contribution in [0.4, 0.5) is 18.3 Å². The van der Waals surface area contributed by atoms with Crippen LogP contribution in [0.15, 0.2) is 30.7 Å². The lowest BCUT2D eigenvalue weighted by atomic mass is 10.0. The summed E-state index contributed by atoms with van der Waals surface area (Å²) in [7, 11) is 1.42. The molecule has 0 bridgehead atoms. The third-order valence-electron chi connectivity index (χ3n) is 5.62. The first-order chi connectivity index (χ1) is 18.5. The number of nitrogens with zero attached hydrogens (tertiary/aromatic N) is 7. The van der Waals surface area contributed by atoms with Crippen LogP contribution in [0.1, 0.15) is 42.8 Å². The number of aryl methyl sites for hydroxylation is 1. The van der Waals surface area contributed by atoms with Gasteiger partial charge in [0.15, 0.2) is 16.0 Å². The van der Waals surface area contributed by atoms with Crippen molar-refractivity contribution in [2.45, 2.75) is 26.2 Å². The van der Waals surface area contributed by atoms with Gasteiger partial charge in [0, 0.05) is 23.0 Å². The van der Waals surface area contributed by atoms with Crippen molar-refractivity contribution in [1.82, 2.24) is 35.0 Å². The van der Waals surface area contributed by atoms with Crippen LogP contribution in [-0.2, 0) is 19.3 Å². The molecule has 0 spiro atoms. The minimum Gasteiger partial charge on any atom is -0.479 e. The van der Waals surface area contributed by atoms with Crippen LogP contribution >= 0.6 is 22.9 Å². The number of methoxy groups -OCH3 is 1. The van der Waals surface area contributed by atoms with Crippen molar-refractivity contribution < 1.29 is 27.5 Å². The van der Waals surface area contributed by atoms with Gasteiger partial charge in [0.25, 0.3) is 11.8 Å². The zero-order valence-corrected chi connectivity index (χ0v) is 21.6. The molecule has 0 aliphatic carbocycles. The van der Waals surface area contributed by atoms with E-state index in [2.05, 4.69) is 35.5 Å². The van der Waals surface area contributed by atoms with Crippen LogP contribution in [0.5, 0.6) is 5.88 Å². The second-order valence-corrected chi connectivity index (χ2v) is 9.72. The van der Waals surface area contributed by atoms with E-state index in [0.717, 1.165) is 6.20 Å². The fraction of sp³-hybridized carbons (Fsp3) is 0.217. The zero-order valence-electron chi connectivity index (χ0n) is 20.1. The molecule has 0 unspecified atom stereocenters.